The summed E-state index contributed by atoms with van der Waals surface area (Å²) in [5.74, 6) is -1.16. The first-order valence-corrected chi connectivity index (χ1v) is 6.35. The van der Waals surface area contributed by atoms with Crippen molar-refractivity contribution in [2.75, 3.05) is 12.3 Å². The molecule has 2 N–H and O–H groups in total. The summed E-state index contributed by atoms with van der Waals surface area (Å²) in [7, 11) is 0. The number of ether oxygens (including phenoxy) is 2. The lowest BCUT2D eigenvalue weighted by molar-refractivity contribution is 0.0519. The van der Waals surface area contributed by atoms with Crippen LogP contribution >= 0.6 is 15.9 Å². The molecule has 2 rings (SSSR count). The average molecular weight is 345 g/mol. The molecule has 0 saturated heterocycles. The molecular weight excluding hydrogens is 335 g/mol. The number of aromatic nitrogens is 1. The van der Waals surface area contributed by atoms with E-state index in [4.69, 9.17) is 19.6 Å². The summed E-state index contributed by atoms with van der Waals surface area (Å²) in [6.07, 6.45) is 0.847. The van der Waals surface area contributed by atoms with Crippen molar-refractivity contribution in [1.82, 2.24) is 4.98 Å². The topological polar surface area (TPSA) is 87.6 Å². The highest BCUT2D eigenvalue weighted by Crippen LogP contribution is 2.31. The standard InChI is InChI=1S/C12H10BrFN2O4/c1-2-18-11(17)9-5-19-12(16-9)20-10-4-7(14)6(13)3-8(10)15/h3-5H,2,15H2,1H3. The predicted molar refractivity (Wildman–Crippen MR) is 71.0 cm³/mol. The second kappa shape index (κ2) is 5.91. The van der Waals surface area contributed by atoms with Crippen LogP contribution in [-0.2, 0) is 4.74 Å². The number of carbonyl (C=O) groups excluding carboxylic acids is 1. The first kappa shape index (κ1) is 14.3. The molecule has 0 bridgehead atoms. The van der Waals surface area contributed by atoms with Crippen molar-refractivity contribution >= 4 is 27.6 Å². The van der Waals surface area contributed by atoms with Gasteiger partial charge >= 0.3 is 12.0 Å². The molecule has 0 fully saturated rings. The molecule has 0 aliphatic carbocycles. The van der Waals surface area contributed by atoms with Gasteiger partial charge in [-0.05, 0) is 28.9 Å². The molecule has 8 heteroatoms. The number of hydrogen-bond acceptors (Lipinski definition) is 6. The molecule has 0 amide bonds. The third-order valence-corrected chi connectivity index (χ3v) is 2.83. The number of esters is 1. The van der Waals surface area contributed by atoms with Gasteiger partial charge in [0.2, 0.25) is 0 Å². The molecule has 1 aromatic heterocycles. The van der Waals surface area contributed by atoms with Gasteiger partial charge < -0.3 is 19.6 Å². The number of hydrogen-bond donors (Lipinski definition) is 1. The van der Waals surface area contributed by atoms with Crippen molar-refractivity contribution in [1.29, 1.82) is 0 Å². The van der Waals surface area contributed by atoms with Crippen LogP contribution in [0.2, 0.25) is 0 Å². The van der Waals surface area contributed by atoms with E-state index < -0.39 is 11.8 Å². The Kier molecular flexibility index (Phi) is 4.23. The summed E-state index contributed by atoms with van der Waals surface area (Å²) >= 11 is 3.00. The van der Waals surface area contributed by atoms with Gasteiger partial charge in [0.15, 0.2) is 11.4 Å². The van der Waals surface area contributed by atoms with E-state index in [0.717, 1.165) is 12.3 Å². The number of anilines is 1. The van der Waals surface area contributed by atoms with Gasteiger partial charge in [-0.1, -0.05) is 0 Å². The lowest BCUT2D eigenvalue weighted by Gasteiger charge is -2.05. The Morgan fingerprint density at radius 2 is 2.30 bits per heavy atom. The molecule has 0 unspecified atom stereocenters. The van der Waals surface area contributed by atoms with Gasteiger partial charge in [0, 0.05) is 6.07 Å². The summed E-state index contributed by atoms with van der Waals surface area (Å²) in [6.45, 7) is 1.88. The van der Waals surface area contributed by atoms with Crippen LogP contribution in [0, 0.1) is 5.82 Å². The van der Waals surface area contributed by atoms with Gasteiger partial charge in [-0.2, -0.15) is 4.98 Å². The molecule has 0 aliphatic rings. The maximum absolute atomic E-state index is 13.4. The fourth-order valence-corrected chi connectivity index (χ4v) is 1.69. The zero-order chi connectivity index (χ0) is 14.7. The Hall–Kier alpha value is -2.09. The third-order valence-electron chi connectivity index (χ3n) is 2.22. The zero-order valence-electron chi connectivity index (χ0n) is 10.4. The van der Waals surface area contributed by atoms with Crippen LogP contribution in [0.1, 0.15) is 17.4 Å². The van der Waals surface area contributed by atoms with E-state index in [9.17, 15) is 9.18 Å². The van der Waals surface area contributed by atoms with Crippen molar-refractivity contribution in [3.05, 3.63) is 34.4 Å². The van der Waals surface area contributed by atoms with Crippen molar-refractivity contribution in [3.8, 4) is 11.8 Å². The van der Waals surface area contributed by atoms with E-state index in [1.54, 1.807) is 6.92 Å². The van der Waals surface area contributed by atoms with Crippen molar-refractivity contribution in [2.45, 2.75) is 6.92 Å². The van der Waals surface area contributed by atoms with Crippen molar-refractivity contribution in [2.24, 2.45) is 0 Å². The summed E-state index contributed by atoms with van der Waals surface area (Å²) in [6, 6.07) is 2.42. The number of rotatable bonds is 4. The van der Waals surface area contributed by atoms with E-state index >= 15 is 0 Å². The molecule has 0 saturated carbocycles. The third kappa shape index (κ3) is 3.08. The van der Waals surface area contributed by atoms with E-state index in [1.165, 1.54) is 6.07 Å². The number of nitrogens with zero attached hydrogens (tertiary/aromatic N) is 1. The average Bonchev–Trinajstić information content (AvgIpc) is 2.85. The molecule has 1 aromatic carbocycles. The van der Waals surface area contributed by atoms with Crippen LogP contribution in [-0.4, -0.2) is 17.6 Å². The van der Waals surface area contributed by atoms with Gasteiger partial charge in [-0.15, -0.1) is 0 Å². The highest BCUT2D eigenvalue weighted by molar-refractivity contribution is 9.10. The number of halogens is 2. The largest absolute Gasteiger partial charge is 0.461 e. The highest BCUT2D eigenvalue weighted by atomic mass is 79.9. The fraction of sp³-hybridized carbons (Fsp3) is 0.167. The normalized spacial score (nSPS) is 10.3. The van der Waals surface area contributed by atoms with Crippen molar-refractivity contribution < 1.29 is 23.1 Å². The van der Waals surface area contributed by atoms with Gasteiger partial charge in [0.25, 0.3) is 0 Å². The Bertz CT molecular complexity index is 644. The smallest absolute Gasteiger partial charge is 0.399 e. The Balaban J connectivity index is 2.19. The molecule has 6 nitrogen and oxygen atoms in total. The second-order valence-electron chi connectivity index (χ2n) is 3.63. The predicted octanol–water partition coefficient (Wildman–Crippen LogP) is 3.13. The molecule has 0 atom stereocenters. The first-order chi connectivity index (χ1) is 9.51. The first-order valence-electron chi connectivity index (χ1n) is 5.56. The summed E-state index contributed by atoms with van der Waals surface area (Å²) in [5.41, 5.74) is 5.82. The highest BCUT2D eigenvalue weighted by Gasteiger charge is 2.16. The second-order valence-corrected chi connectivity index (χ2v) is 4.48. The molecule has 106 valence electrons. The van der Waals surface area contributed by atoms with E-state index in [1.807, 2.05) is 0 Å². The molecule has 1 heterocycles. The van der Waals surface area contributed by atoms with E-state index in [0.29, 0.717) is 0 Å². The summed E-state index contributed by atoms with van der Waals surface area (Å²) < 4.78 is 28.5. The number of oxazole rings is 1. The molecule has 0 aliphatic heterocycles. The van der Waals surface area contributed by atoms with Gasteiger partial charge in [-0.3, -0.25) is 0 Å². The van der Waals surface area contributed by atoms with Gasteiger partial charge in [-0.25, -0.2) is 9.18 Å². The zero-order valence-corrected chi connectivity index (χ0v) is 11.9. The number of nitrogens with two attached hydrogens (primary N) is 1. The molecule has 0 spiro atoms. The van der Waals surface area contributed by atoms with Crippen LogP contribution in [0.25, 0.3) is 0 Å². The fourth-order valence-electron chi connectivity index (χ4n) is 1.33. The Morgan fingerprint density at radius 1 is 1.55 bits per heavy atom. The number of benzene rings is 1. The van der Waals surface area contributed by atoms with Crippen LogP contribution in [0.4, 0.5) is 10.1 Å². The monoisotopic (exact) mass is 344 g/mol. The maximum Gasteiger partial charge on any atom is 0.399 e. The van der Waals surface area contributed by atoms with Crippen LogP contribution in [0.15, 0.2) is 27.3 Å². The van der Waals surface area contributed by atoms with Gasteiger partial charge in [0.1, 0.15) is 12.1 Å². The van der Waals surface area contributed by atoms with Crippen LogP contribution in [0.3, 0.4) is 0 Å². The molecule has 2 aromatic rings. The Labute approximate surface area is 121 Å². The number of nitrogen functional groups attached to an aromatic ring is 1. The molecule has 20 heavy (non-hydrogen) atoms. The summed E-state index contributed by atoms with van der Waals surface area (Å²) in [5, 5.41) is 0. The maximum atomic E-state index is 13.4. The number of carbonyl (C=O) groups is 1. The minimum Gasteiger partial charge on any atom is -0.461 e. The lowest BCUT2D eigenvalue weighted by Crippen LogP contribution is -2.04. The minimum absolute atomic E-state index is 0.0305. The van der Waals surface area contributed by atoms with Crippen LogP contribution in [0.5, 0.6) is 11.8 Å². The van der Waals surface area contributed by atoms with E-state index in [2.05, 4.69) is 20.9 Å². The lowest BCUT2D eigenvalue weighted by atomic mass is 10.3. The van der Waals surface area contributed by atoms with Crippen molar-refractivity contribution in [3.63, 3.8) is 0 Å². The van der Waals surface area contributed by atoms with Gasteiger partial charge in [0.05, 0.1) is 16.8 Å². The minimum atomic E-state index is -0.638. The SMILES string of the molecule is CCOC(=O)c1coc(Oc2cc(F)c(Br)cc2N)n1. The molecular formula is C12H10BrFN2O4. The Morgan fingerprint density at radius 3 is 3.00 bits per heavy atom. The summed E-state index contributed by atoms with van der Waals surface area (Å²) in [4.78, 5) is 15.1. The van der Waals surface area contributed by atoms with E-state index in [-0.39, 0.29) is 34.3 Å². The quantitative estimate of drug-likeness (QED) is 0.677. The molecule has 0 radical (unpaired) electrons. The van der Waals surface area contributed by atoms with Crippen LogP contribution < -0.4 is 10.5 Å².